The Bertz CT molecular complexity index is 472. The number of hydrogen-bond acceptors (Lipinski definition) is 2. The quantitative estimate of drug-likeness (QED) is 0.847. The van der Waals surface area contributed by atoms with Crippen molar-refractivity contribution in [3.63, 3.8) is 0 Å². The van der Waals surface area contributed by atoms with E-state index in [0.29, 0.717) is 21.6 Å². The van der Waals surface area contributed by atoms with Crippen LogP contribution in [0, 0.1) is 0 Å². The molecule has 0 fully saturated rings. The minimum atomic E-state index is -0.987. The van der Waals surface area contributed by atoms with Gasteiger partial charge in [0.05, 0.1) is 17.1 Å². The Hall–Kier alpha value is -0.870. The molecule has 0 aliphatic heterocycles. The van der Waals surface area contributed by atoms with Gasteiger partial charge in [-0.25, -0.2) is 4.79 Å². The van der Waals surface area contributed by atoms with Gasteiger partial charge in [-0.3, -0.25) is 4.99 Å². The lowest BCUT2D eigenvalue weighted by molar-refractivity contribution is 0.0695. The number of aromatic carboxylic acids is 1. The number of hydrogen-bond donors (Lipinski definition) is 1. The first-order valence-corrected chi connectivity index (χ1v) is 6.34. The fourth-order valence-corrected chi connectivity index (χ4v) is 1.80. The molecule has 17 heavy (non-hydrogen) atoms. The van der Waals surface area contributed by atoms with Crippen molar-refractivity contribution in [1.82, 2.24) is 0 Å². The van der Waals surface area contributed by atoms with Gasteiger partial charge in [0, 0.05) is 10.2 Å². The smallest absolute Gasteiger partial charge is 0.336 e. The highest BCUT2D eigenvalue weighted by molar-refractivity contribution is 9.10. The minimum Gasteiger partial charge on any atom is -0.478 e. The van der Waals surface area contributed by atoms with Crippen molar-refractivity contribution in [3.8, 4) is 0 Å². The van der Waals surface area contributed by atoms with Crippen molar-refractivity contribution in [2.24, 2.45) is 4.99 Å². The number of carboxylic acid groups (broad SMARTS) is 1. The highest BCUT2D eigenvalue weighted by Crippen LogP contribution is 2.27. The van der Waals surface area contributed by atoms with Crippen LogP contribution < -0.4 is 0 Å². The summed E-state index contributed by atoms with van der Waals surface area (Å²) >= 11 is 9.15. The van der Waals surface area contributed by atoms with E-state index in [-0.39, 0.29) is 5.56 Å². The first-order chi connectivity index (χ1) is 7.95. The van der Waals surface area contributed by atoms with E-state index in [1.165, 1.54) is 6.07 Å². The second-order valence-corrected chi connectivity index (χ2v) is 4.90. The van der Waals surface area contributed by atoms with E-state index >= 15 is 0 Å². The molecule has 1 N–H and O–H groups in total. The van der Waals surface area contributed by atoms with Gasteiger partial charge in [-0.05, 0) is 47.0 Å². The van der Waals surface area contributed by atoms with Crippen molar-refractivity contribution in [3.05, 3.63) is 32.8 Å². The molecule has 0 amide bonds. The minimum absolute atomic E-state index is 0.200. The number of nitrogens with zero attached hydrogens (tertiary/aromatic N) is 1. The molecule has 0 heterocycles. The van der Waals surface area contributed by atoms with E-state index < -0.39 is 5.97 Å². The van der Waals surface area contributed by atoms with Crippen LogP contribution in [0.2, 0.25) is 5.02 Å². The van der Waals surface area contributed by atoms with Gasteiger partial charge < -0.3 is 5.11 Å². The van der Waals surface area contributed by atoms with E-state index in [4.69, 9.17) is 16.7 Å². The molecule has 1 aromatic carbocycles. The van der Waals surface area contributed by atoms with Gasteiger partial charge in [-0.15, -0.1) is 0 Å². The van der Waals surface area contributed by atoms with Gasteiger partial charge in [0.1, 0.15) is 0 Å². The van der Waals surface area contributed by atoms with Gasteiger partial charge in [-0.1, -0.05) is 18.5 Å². The summed E-state index contributed by atoms with van der Waals surface area (Å²) in [6.07, 6.45) is 0.858. The van der Waals surface area contributed by atoms with Crippen molar-refractivity contribution in [2.75, 3.05) is 0 Å². The molecule has 0 unspecified atom stereocenters. The van der Waals surface area contributed by atoms with Gasteiger partial charge in [0.25, 0.3) is 0 Å². The summed E-state index contributed by atoms with van der Waals surface area (Å²) in [7, 11) is 0. The Labute approximate surface area is 114 Å². The first kappa shape index (κ1) is 14.2. The Morgan fingerprint density at radius 1 is 1.53 bits per heavy atom. The van der Waals surface area contributed by atoms with Crippen LogP contribution in [0.15, 0.2) is 21.6 Å². The summed E-state index contributed by atoms with van der Waals surface area (Å²) < 4.78 is 0.684. The molecule has 0 bridgehead atoms. The van der Waals surface area contributed by atoms with Crippen LogP contribution in [0.3, 0.4) is 0 Å². The zero-order valence-corrected chi connectivity index (χ0v) is 12.0. The van der Waals surface area contributed by atoms with E-state index in [1.54, 1.807) is 6.07 Å². The monoisotopic (exact) mass is 317 g/mol. The van der Waals surface area contributed by atoms with Crippen molar-refractivity contribution >= 4 is 39.2 Å². The zero-order chi connectivity index (χ0) is 13.0. The third-order valence-electron chi connectivity index (χ3n) is 2.41. The summed E-state index contributed by atoms with van der Waals surface area (Å²) in [6.45, 7) is 4.29. The number of benzene rings is 1. The lowest BCUT2D eigenvalue weighted by Crippen LogP contribution is -2.03. The second kappa shape index (κ2) is 6.17. The summed E-state index contributed by atoms with van der Waals surface area (Å²) in [5.41, 5.74) is 1.85. The molecule has 0 spiro atoms. The third kappa shape index (κ3) is 3.82. The number of halogens is 2. The summed E-state index contributed by atoms with van der Waals surface area (Å²) in [4.78, 5) is 15.4. The lowest BCUT2D eigenvalue weighted by Gasteiger charge is -2.06. The number of aliphatic imine (C=N–C) groups is 1. The van der Waals surface area contributed by atoms with Crippen LogP contribution in [-0.2, 0) is 6.54 Å². The zero-order valence-electron chi connectivity index (χ0n) is 9.63. The summed E-state index contributed by atoms with van der Waals surface area (Å²) in [5, 5.41) is 9.47. The van der Waals surface area contributed by atoms with Crippen molar-refractivity contribution < 1.29 is 9.90 Å². The van der Waals surface area contributed by atoms with Gasteiger partial charge in [0.15, 0.2) is 0 Å². The fraction of sp³-hybridized carbons (Fsp3) is 0.333. The molecule has 1 rings (SSSR count). The molecular weight excluding hydrogens is 305 g/mol. The summed E-state index contributed by atoms with van der Waals surface area (Å²) in [5.74, 6) is -0.987. The van der Waals surface area contributed by atoms with Gasteiger partial charge in [-0.2, -0.15) is 0 Å². The Kier molecular flexibility index (Phi) is 5.15. The van der Waals surface area contributed by atoms with Crippen LogP contribution in [0.5, 0.6) is 0 Å². The third-order valence-corrected chi connectivity index (χ3v) is 3.60. The Morgan fingerprint density at radius 2 is 2.18 bits per heavy atom. The van der Waals surface area contributed by atoms with E-state index in [2.05, 4.69) is 20.9 Å². The first-order valence-electron chi connectivity index (χ1n) is 5.16. The molecule has 0 saturated heterocycles. The average Bonchev–Trinajstić information content (AvgIpc) is 2.29. The highest BCUT2D eigenvalue weighted by Gasteiger charge is 2.12. The van der Waals surface area contributed by atoms with E-state index in [1.807, 2.05) is 13.8 Å². The second-order valence-electron chi connectivity index (χ2n) is 3.63. The largest absolute Gasteiger partial charge is 0.478 e. The molecule has 3 nitrogen and oxygen atoms in total. The van der Waals surface area contributed by atoms with Crippen LogP contribution in [0.25, 0.3) is 0 Å². The Morgan fingerprint density at radius 3 is 2.71 bits per heavy atom. The molecule has 0 radical (unpaired) electrons. The molecule has 0 saturated carbocycles. The summed E-state index contributed by atoms with van der Waals surface area (Å²) in [6, 6.07) is 3.15. The molecule has 0 aromatic heterocycles. The highest BCUT2D eigenvalue weighted by atomic mass is 79.9. The molecule has 0 aliphatic carbocycles. The van der Waals surface area contributed by atoms with Gasteiger partial charge >= 0.3 is 5.97 Å². The number of carboxylic acids is 1. The van der Waals surface area contributed by atoms with Crippen LogP contribution >= 0.6 is 27.5 Å². The Balaban J connectivity index is 3.13. The predicted molar refractivity (Wildman–Crippen MR) is 73.2 cm³/mol. The van der Waals surface area contributed by atoms with Crippen molar-refractivity contribution in [1.29, 1.82) is 0 Å². The molecule has 5 heteroatoms. The SMILES string of the molecule is CCC(C)=NCc1cc(Br)c(Cl)cc1C(=O)O. The molecular formula is C12H13BrClNO2. The molecule has 1 aromatic rings. The lowest BCUT2D eigenvalue weighted by atomic mass is 10.1. The number of carbonyl (C=O) groups is 1. The average molecular weight is 319 g/mol. The standard InChI is InChI=1S/C12H13BrClNO2/c1-3-7(2)15-6-8-4-10(13)11(14)5-9(8)12(16)17/h4-5H,3,6H2,1-2H3,(H,16,17). The van der Waals surface area contributed by atoms with Crippen LogP contribution in [0.1, 0.15) is 36.2 Å². The molecule has 92 valence electrons. The maximum atomic E-state index is 11.1. The predicted octanol–water partition coefficient (Wildman–Crippen LogP) is 4.17. The normalized spacial score (nSPS) is 11.6. The van der Waals surface area contributed by atoms with Crippen LogP contribution in [0.4, 0.5) is 0 Å². The van der Waals surface area contributed by atoms with E-state index in [0.717, 1.165) is 12.1 Å². The topological polar surface area (TPSA) is 49.7 Å². The van der Waals surface area contributed by atoms with Gasteiger partial charge in [0.2, 0.25) is 0 Å². The number of rotatable bonds is 4. The van der Waals surface area contributed by atoms with E-state index in [9.17, 15) is 4.79 Å². The molecule has 0 aliphatic rings. The van der Waals surface area contributed by atoms with Crippen LogP contribution in [-0.4, -0.2) is 16.8 Å². The molecule has 0 atom stereocenters. The fourth-order valence-electron chi connectivity index (χ4n) is 1.25. The maximum Gasteiger partial charge on any atom is 0.336 e. The van der Waals surface area contributed by atoms with Crippen molar-refractivity contribution in [2.45, 2.75) is 26.8 Å². The maximum absolute atomic E-state index is 11.1.